The van der Waals surface area contributed by atoms with Crippen LogP contribution in [-0.4, -0.2) is 87.5 Å². The van der Waals surface area contributed by atoms with E-state index in [2.05, 4.69) is 141 Å². The smallest absolute Gasteiger partial charge is 0.220 e. The molecule has 1 amide bonds. The number of carbonyl (C=O) groups is 1. The maximum absolute atomic E-state index is 13.1. The fourth-order valence-corrected chi connectivity index (χ4v) is 9.05. The SMILES string of the molecule is CC/C=C\C/C=C\C/C=C\C/C=C\C/C=C\C/C=C\C/C=C\C/C=C\C/C=C\CCCCCCCCCCCCCCCC(=O)NC(COC1OC(CO)C(O)C(O)C1O)C(O)/C=C/CC/C=C/CCCCCCCCCC. The lowest BCUT2D eigenvalue weighted by Crippen LogP contribution is -2.60. The number of hydrogen-bond acceptors (Lipinski definition) is 8. The third-order valence-electron chi connectivity index (χ3n) is 14.0. The van der Waals surface area contributed by atoms with Crippen molar-refractivity contribution in [3.8, 4) is 0 Å². The third kappa shape index (κ3) is 45.1. The summed E-state index contributed by atoms with van der Waals surface area (Å²) < 4.78 is 11.2. The highest BCUT2D eigenvalue weighted by Gasteiger charge is 2.44. The Kier molecular flexibility index (Phi) is 52.5. The summed E-state index contributed by atoms with van der Waals surface area (Å²) in [5.41, 5.74) is 0. The number of hydrogen-bond donors (Lipinski definition) is 6. The summed E-state index contributed by atoms with van der Waals surface area (Å²) in [6, 6.07) is -0.829. The van der Waals surface area contributed by atoms with E-state index in [-0.39, 0.29) is 12.5 Å². The minimum atomic E-state index is -1.58. The van der Waals surface area contributed by atoms with Gasteiger partial charge in [-0.3, -0.25) is 4.79 Å². The molecule has 7 atom stereocenters. The zero-order chi connectivity index (χ0) is 56.5. The normalized spacial score (nSPS) is 19.6. The second-order valence-electron chi connectivity index (χ2n) is 21.1. The number of nitrogens with one attached hydrogen (secondary N) is 1. The molecule has 9 nitrogen and oxygen atoms in total. The quantitative estimate of drug-likeness (QED) is 0.0261. The van der Waals surface area contributed by atoms with Crippen LogP contribution in [0.4, 0.5) is 0 Å². The number of rotatable bonds is 52. The number of amides is 1. The number of aliphatic hydroxyl groups excluding tert-OH is 5. The van der Waals surface area contributed by atoms with Crippen LogP contribution in [-0.2, 0) is 14.3 Å². The molecule has 0 aliphatic carbocycles. The molecule has 6 N–H and O–H groups in total. The molecule has 1 aliphatic rings. The molecular weight excluding hydrogens is 971 g/mol. The van der Waals surface area contributed by atoms with Crippen molar-refractivity contribution in [2.45, 2.75) is 281 Å². The van der Waals surface area contributed by atoms with E-state index in [1.54, 1.807) is 6.08 Å². The fourth-order valence-electron chi connectivity index (χ4n) is 9.05. The Bertz CT molecular complexity index is 1690. The largest absolute Gasteiger partial charge is 0.394 e. The number of unbranched alkanes of at least 4 members (excludes halogenated alkanes) is 22. The average Bonchev–Trinajstić information content (AvgIpc) is 3.46. The van der Waals surface area contributed by atoms with Crippen molar-refractivity contribution in [2.75, 3.05) is 13.2 Å². The van der Waals surface area contributed by atoms with Crippen molar-refractivity contribution < 1.29 is 39.8 Å². The van der Waals surface area contributed by atoms with Gasteiger partial charge in [-0.15, -0.1) is 0 Å². The Hall–Kier alpha value is -3.67. The monoisotopic (exact) mass is 1090 g/mol. The van der Waals surface area contributed by atoms with Crippen LogP contribution in [0, 0.1) is 0 Å². The van der Waals surface area contributed by atoms with Crippen molar-refractivity contribution in [3.05, 3.63) is 134 Å². The van der Waals surface area contributed by atoms with Crippen molar-refractivity contribution in [1.29, 1.82) is 0 Å². The molecule has 0 aromatic heterocycles. The highest BCUT2D eigenvalue weighted by atomic mass is 16.7. The summed E-state index contributed by atoms with van der Waals surface area (Å²) in [6.07, 6.45) is 79.7. The lowest BCUT2D eigenvalue weighted by atomic mass is 9.99. The zero-order valence-corrected chi connectivity index (χ0v) is 49.4. The van der Waals surface area contributed by atoms with Gasteiger partial charge in [-0.2, -0.15) is 0 Å². The van der Waals surface area contributed by atoms with E-state index in [9.17, 15) is 30.3 Å². The highest BCUT2D eigenvalue weighted by Crippen LogP contribution is 2.23. The second kappa shape index (κ2) is 56.6. The van der Waals surface area contributed by atoms with Gasteiger partial charge in [0, 0.05) is 6.42 Å². The summed E-state index contributed by atoms with van der Waals surface area (Å²) in [6.45, 7) is 3.63. The van der Waals surface area contributed by atoms with Crippen LogP contribution >= 0.6 is 0 Å². The van der Waals surface area contributed by atoms with Gasteiger partial charge >= 0.3 is 0 Å². The molecule has 1 rings (SSSR count). The van der Waals surface area contributed by atoms with Gasteiger partial charge in [-0.05, 0) is 103 Å². The van der Waals surface area contributed by atoms with Crippen molar-refractivity contribution >= 4 is 5.91 Å². The van der Waals surface area contributed by atoms with E-state index in [4.69, 9.17) is 9.47 Å². The van der Waals surface area contributed by atoms with Crippen LogP contribution in [0.3, 0.4) is 0 Å². The Labute approximate surface area is 477 Å². The molecule has 0 aromatic carbocycles. The first-order valence-electron chi connectivity index (χ1n) is 31.4. The molecule has 1 aliphatic heterocycles. The summed E-state index contributed by atoms with van der Waals surface area (Å²) in [5.74, 6) is -0.193. The van der Waals surface area contributed by atoms with Crippen molar-refractivity contribution in [2.24, 2.45) is 0 Å². The predicted octanol–water partition coefficient (Wildman–Crippen LogP) is 16.5. The minimum absolute atomic E-state index is 0.193. The number of allylic oxidation sites excluding steroid dienone is 21. The van der Waals surface area contributed by atoms with Gasteiger partial charge < -0.3 is 40.3 Å². The van der Waals surface area contributed by atoms with E-state index >= 15 is 0 Å². The number of aliphatic hydroxyl groups is 5. The van der Waals surface area contributed by atoms with Gasteiger partial charge in [0.05, 0.1) is 25.4 Å². The Morgan fingerprint density at radius 3 is 1.23 bits per heavy atom. The fraction of sp³-hybridized carbons (Fsp3) is 0.667. The van der Waals surface area contributed by atoms with Gasteiger partial charge in [0.25, 0.3) is 0 Å². The van der Waals surface area contributed by atoms with Gasteiger partial charge in [0.2, 0.25) is 5.91 Å². The van der Waals surface area contributed by atoms with E-state index in [1.807, 2.05) is 6.08 Å². The lowest BCUT2D eigenvalue weighted by molar-refractivity contribution is -0.302. The van der Waals surface area contributed by atoms with E-state index in [1.165, 1.54) is 122 Å². The van der Waals surface area contributed by atoms with Gasteiger partial charge in [0.1, 0.15) is 24.4 Å². The highest BCUT2D eigenvalue weighted by molar-refractivity contribution is 5.76. The maximum Gasteiger partial charge on any atom is 0.220 e. The molecular formula is C69H115NO8. The predicted molar refractivity (Wildman–Crippen MR) is 331 cm³/mol. The number of carbonyl (C=O) groups excluding carboxylic acids is 1. The zero-order valence-electron chi connectivity index (χ0n) is 49.4. The van der Waals surface area contributed by atoms with Crippen LogP contribution in [0.25, 0.3) is 0 Å². The van der Waals surface area contributed by atoms with Crippen LogP contribution in [0.15, 0.2) is 134 Å². The maximum atomic E-state index is 13.1. The first-order chi connectivity index (χ1) is 38.3. The standard InChI is InChI=1S/C69H115NO8/c1-3-5-7-9-11-13-15-17-19-20-21-22-23-24-25-26-27-28-29-30-31-32-33-34-35-36-37-38-39-40-41-42-43-44-45-47-49-51-53-55-57-59-65(73)70-62(61-77-69-68(76)67(75)66(74)64(60-71)78-69)63(72)58-56-54-52-50-48-46-18-16-14-12-10-8-6-4-2/h5,7,11,13,17,19,21-22,24-25,27-28,30-31,33-34,36-37,48,50,56,58,62-64,66-69,71-72,74-76H,3-4,6,8-10,12,14-16,18,20,23,26,29,32,35,38-47,49,51-55,57,59-61H2,1-2H3,(H,70,73)/b7-5-,13-11-,19-17-,22-21-,25-24-,28-27-,31-30-,34-33-,37-36-,50-48+,58-56+. The molecule has 1 fully saturated rings. The minimum Gasteiger partial charge on any atom is -0.394 e. The summed E-state index contributed by atoms with van der Waals surface area (Å²) >= 11 is 0. The van der Waals surface area contributed by atoms with Crippen LogP contribution in [0.2, 0.25) is 0 Å². The van der Waals surface area contributed by atoms with Crippen molar-refractivity contribution in [1.82, 2.24) is 5.32 Å². The summed E-state index contributed by atoms with van der Waals surface area (Å²) in [4.78, 5) is 13.1. The summed E-state index contributed by atoms with van der Waals surface area (Å²) in [5, 5.41) is 54.4. The molecule has 1 saturated heterocycles. The third-order valence-corrected chi connectivity index (χ3v) is 14.0. The average molecular weight is 1090 g/mol. The summed E-state index contributed by atoms with van der Waals surface area (Å²) in [7, 11) is 0. The molecule has 9 heteroatoms. The molecule has 0 saturated carbocycles. The molecule has 444 valence electrons. The molecule has 78 heavy (non-hydrogen) atoms. The van der Waals surface area contributed by atoms with Gasteiger partial charge in [-0.25, -0.2) is 0 Å². The molecule has 0 radical (unpaired) electrons. The van der Waals surface area contributed by atoms with Crippen LogP contribution in [0.5, 0.6) is 0 Å². The van der Waals surface area contributed by atoms with Gasteiger partial charge in [0.15, 0.2) is 6.29 Å². The topological polar surface area (TPSA) is 149 Å². The molecule has 0 bridgehead atoms. The number of ether oxygens (including phenoxy) is 2. The molecule has 1 heterocycles. The Morgan fingerprint density at radius 2 is 0.808 bits per heavy atom. The van der Waals surface area contributed by atoms with Crippen molar-refractivity contribution in [3.63, 3.8) is 0 Å². The Morgan fingerprint density at radius 1 is 0.449 bits per heavy atom. The van der Waals surface area contributed by atoms with Crippen LogP contribution in [0.1, 0.15) is 239 Å². The Balaban J connectivity index is 2.12. The van der Waals surface area contributed by atoms with Crippen LogP contribution < -0.4 is 5.32 Å². The molecule has 0 spiro atoms. The molecule has 7 unspecified atom stereocenters. The van der Waals surface area contributed by atoms with E-state index < -0.39 is 49.5 Å². The van der Waals surface area contributed by atoms with E-state index in [0.717, 1.165) is 96.3 Å². The lowest BCUT2D eigenvalue weighted by Gasteiger charge is -2.40. The first-order valence-corrected chi connectivity index (χ1v) is 31.4. The van der Waals surface area contributed by atoms with Gasteiger partial charge in [-0.1, -0.05) is 263 Å². The van der Waals surface area contributed by atoms with E-state index in [0.29, 0.717) is 6.42 Å². The molecule has 0 aromatic rings. The first kappa shape index (κ1) is 72.3. The second-order valence-corrected chi connectivity index (χ2v) is 21.1.